The maximum Gasteiger partial charge on any atom is 0.204 e. The minimum absolute atomic E-state index is 0.243. The summed E-state index contributed by atoms with van der Waals surface area (Å²) in [6.45, 7) is 1.79. The quantitative estimate of drug-likeness (QED) is 0.624. The minimum Gasteiger partial charge on any atom is -0.496 e. The molecule has 2 aromatic rings. The van der Waals surface area contributed by atoms with Crippen molar-refractivity contribution in [2.75, 3.05) is 28.4 Å². The summed E-state index contributed by atoms with van der Waals surface area (Å²) in [6.07, 6.45) is 0. The Kier molecular flexibility index (Phi) is 6.19. The van der Waals surface area contributed by atoms with Crippen LogP contribution in [0.4, 0.5) is 0 Å². The zero-order valence-electron chi connectivity index (χ0n) is 14.5. The summed E-state index contributed by atoms with van der Waals surface area (Å²) >= 11 is 9.70. The monoisotopic (exact) mass is 428 g/mol. The predicted octanol–water partition coefficient (Wildman–Crippen LogP) is 4.68. The van der Waals surface area contributed by atoms with Crippen LogP contribution in [0.15, 0.2) is 22.7 Å². The van der Waals surface area contributed by atoms with Crippen LogP contribution in [-0.4, -0.2) is 34.2 Å². The summed E-state index contributed by atoms with van der Waals surface area (Å²) in [5.74, 6) is 1.13. The lowest BCUT2D eigenvalue weighted by molar-refractivity contribution is 0.103. The van der Waals surface area contributed by atoms with Crippen LogP contribution in [0, 0.1) is 6.92 Å². The van der Waals surface area contributed by atoms with Crippen LogP contribution in [0.25, 0.3) is 0 Å². The SMILES string of the molecule is COc1cc(C)c(C(=O)c2c(OC)ccc(Br)c2Cl)c(OC)c1OC. The smallest absolute Gasteiger partial charge is 0.204 e. The molecule has 7 heteroatoms. The molecular formula is C18H18BrClO5. The van der Waals surface area contributed by atoms with Crippen molar-refractivity contribution in [3.8, 4) is 23.0 Å². The highest BCUT2D eigenvalue weighted by Gasteiger charge is 2.28. The number of carbonyl (C=O) groups is 1. The number of methoxy groups -OCH3 is 4. The molecular weight excluding hydrogens is 412 g/mol. The van der Waals surface area contributed by atoms with Gasteiger partial charge in [-0.1, -0.05) is 11.6 Å². The third-order valence-corrected chi connectivity index (χ3v) is 5.04. The van der Waals surface area contributed by atoms with Crippen molar-refractivity contribution >= 4 is 33.3 Å². The highest BCUT2D eigenvalue weighted by Crippen LogP contribution is 2.44. The van der Waals surface area contributed by atoms with Crippen molar-refractivity contribution in [3.05, 3.63) is 44.4 Å². The number of aryl methyl sites for hydroxylation is 1. The molecule has 0 amide bonds. The van der Waals surface area contributed by atoms with E-state index in [4.69, 9.17) is 30.5 Å². The summed E-state index contributed by atoms with van der Waals surface area (Å²) in [6, 6.07) is 5.11. The van der Waals surface area contributed by atoms with E-state index in [9.17, 15) is 4.79 Å². The van der Waals surface area contributed by atoms with Gasteiger partial charge >= 0.3 is 0 Å². The number of hydrogen-bond donors (Lipinski definition) is 0. The Morgan fingerprint density at radius 1 is 0.920 bits per heavy atom. The van der Waals surface area contributed by atoms with E-state index in [2.05, 4.69) is 15.9 Å². The Morgan fingerprint density at radius 3 is 2.04 bits per heavy atom. The topological polar surface area (TPSA) is 54.0 Å². The van der Waals surface area contributed by atoms with Crippen molar-refractivity contribution < 1.29 is 23.7 Å². The Hall–Kier alpha value is -1.92. The molecule has 0 saturated heterocycles. The van der Waals surface area contributed by atoms with Crippen LogP contribution < -0.4 is 18.9 Å². The van der Waals surface area contributed by atoms with Crippen LogP contribution >= 0.6 is 27.5 Å². The minimum atomic E-state index is -0.335. The molecule has 0 radical (unpaired) electrons. The standard InChI is InChI=1S/C18H18BrClO5/c1-9-8-12(23-3)17(24-4)18(25-5)13(9)16(21)14-11(22-2)7-6-10(19)15(14)20/h6-8H,1-5H3. The Bertz CT molecular complexity index is 820. The number of carbonyl (C=O) groups excluding carboxylic acids is 1. The molecule has 0 heterocycles. The van der Waals surface area contributed by atoms with E-state index in [0.717, 1.165) is 0 Å². The van der Waals surface area contributed by atoms with E-state index in [1.54, 1.807) is 25.1 Å². The average molecular weight is 430 g/mol. The van der Waals surface area contributed by atoms with E-state index >= 15 is 0 Å². The first-order valence-corrected chi connectivity index (χ1v) is 8.44. The summed E-state index contributed by atoms with van der Waals surface area (Å²) < 4.78 is 22.1. The third-order valence-electron chi connectivity index (χ3n) is 3.76. The summed E-state index contributed by atoms with van der Waals surface area (Å²) in [7, 11) is 5.95. The molecule has 0 aliphatic rings. The molecule has 2 rings (SSSR count). The van der Waals surface area contributed by atoms with Gasteiger partial charge in [-0.05, 0) is 46.6 Å². The fraction of sp³-hybridized carbons (Fsp3) is 0.278. The first-order valence-electron chi connectivity index (χ1n) is 7.27. The number of ether oxygens (including phenoxy) is 4. The molecule has 0 aliphatic heterocycles. The Morgan fingerprint density at radius 2 is 1.52 bits per heavy atom. The van der Waals surface area contributed by atoms with Gasteiger partial charge in [-0.3, -0.25) is 4.79 Å². The first-order chi connectivity index (χ1) is 11.9. The summed E-state index contributed by atoms with van der Waals surface area (Å²) in [4.78, 5) is 13.3. The maximum atomic E-state index is 13.3. The van der Waals surface area contributed by atoms with Crippen molar-refractivity contribution in [3.63, 3.8) is 0 Å². The van der Waals surface area contributed by atoms with Gasteiger partial charge in [0.2, 0.25) is 11.5 Å². The van der Waals surface area contributed by atoms with Crippen LogP contribution in [0.3, 0.4) is 0 Å². The van der Waals surface area contributed by atoms with Gasteiger partial charge in [-0.15, -0.1) is 0 Å². The molecule has 5 nitrogen and oxygen atoms in total. The predicted molar refractivity (Wildman–Crippen MR) is 100.0 cm³/mol. The molecule has 0 unspecified atom stereocenters. The van der Waals surface area contributed by atoms with Gasteiger partial charge in [-0.25, -0.2) is 0 Å². The lowest BCUT2D eigenvalue weighted by Gasteiger charge is -2.19. The average Bonchev–Trinajstić information content (AvgIpc) is 2.61. The Balaban J connectivity index is 2.79. The molecule has 0 bridgehead atoms. The van der Waals surface area contributed by atoms with Crippen molar-refractivity contribution in [1.82, 2.24) is 0 Å². The van der Waals surface area contributed by atoms with Crippen LogP contribution in [0.2, 0.25) is 5.02 Å². The molecule has 0 N–H and O–H groups in total. The second-order valence-corrected chi connectivity index (χ2v) is 6.34. The van der Waals surface area contributed by atoms with E-state index in [1.165, 1.54) is 28.4 Å². The first kappa shape index (κ1) is 19.4. The molecule has 0 atom stereocenters. The van der Waals surface area contributed by atoms with E-state index in [0.29, 0.717) is 32.8 Å². The Labute approximate surface area is 159 Å². The summed E-state index contributed by atoms with van der Waals surface area (Å²) in [5.41, 5.74) is 1.24. The number of halogens is 2. The van der Waals surface area contributed by atoms with Gasteiger partial charge in [0.1, 0.15) is 5.75 Å². The number of ketones is 1. The summed E-state index contributed by atoms with van der Waals surface area (Å²) in [5, 5.41) is 0.264. The molecule has 0 fully saturated rings. The number of rotatable bonds is 6. The fourth-order valence-electron chi connectivity index (χ4n) is 2.60. The van der Waals surface area contributed by atoms with Crippen LogP contribution in [0.1, 0.15) is 21.5 Å². The highest BCUT2D eigenvalue weighted by molar-refractivity contribution is 9.10. The molecule has 0 aromatic heterocycles. The van der Waals surface area contributed by atoms with Gasteiger partial charge in [0.05, 0.1) is 44.6 Å². The van der Waals surface area contributed by atoms with E-state index < -0.39 is 0 Å². The third kappa shape index (κ3) is 3.41. The zero-order chi connectivity index (χ0) is 18.7. The lowest BCUT2D eigenvalue weighted by atomic mass is 9.96. The lowest BCUT2D eigenvalue weighted by Crippen LogP contribution is -2.11. The van der Waals surface area contributed by atoms with Gasteiger partial charge in [0, 0.05) is 4.47 Å². The van der Waals surface area contributed by atoms with E-state index in [1.807, 2.05) is 0 Å². The number of benzene rings is 2. The van der Waals surface area contributed by atoms with Gasteiger partial charge in [0.25, 0.3) is 0 Å². The number of hydrogen-bond acceptors (Lipinski definition) is 5. The molecule has 134 valence electrons. The second kappa shape index (κ2) is 7.97. The largest absolute Gasteiger partial charge is 0.496 e. The van der Waals surface area contributed by atoms with Gasteiger partial charge < -0.3 is 18.9 Å². The molecule has 0 saturated carbocycles. The van der Waals surface area contributed by atoms with Crippen LogP contribution in [0.5, 0.6) is 23.0 Å². The molecule has 2 aromatic carbocycles. The van der Waals surface area contributed by atoms with E-state index in [-0.39, 0.29) is 22.1 Å². The van der Waals surface area contributed by atoms with Gasteiger partial charge in [0.15, 0.2) is 11.5 Å². The van der Waals surface area contributed by atoms with Crippen molar-refractivity contribution in [2.24, 2.45) is 0 Å². The van der Waals surface area contributed by atoms with Crippen molar-refractivity contribution in [2.45, 2.75) is 6.92 Å². The van der Waals surface area contributed by atoms with Crippen molar-refractivity contribution in [1.29, 1.82) is 0 Å². The second-order valence-electron chi connectivity index (χ2n) is 5.10. The molecule has 25 heavy (non-hydrogen) atoms. The zero-order valence-corrected chi connectivity index (χ0v) is 16.9. The van der Waals surface area contributed by atoms with Crippen LogP contribution in [-0.2, 0) is 0 Å². The normalized spacial score (nSPS) is 10.4. The fourth-order valence-corrected chi connectivity index (χ4v) is 3.17. The highest BCUT2D eigenvalue weighted by atomic mass is 79.9. The molecule has 0 aliphatic carbocycles. The maximum absolute atomic E-state index is 13.3. The molecule has 0 spiro atoms. The van der Waals surface area contributed by atoms with Gasteiger partial charge in [-0.2, -0.15) is 0 Å².